The minimum absolute atomic E-state index is 0.100. The van der Waals surface area contributed by atoms with Crippen molar-refractivity contribution in [2.45, 2.75) is 57.4 Å². The predicted molar refractivity (Wildman–Crippen MR) is 80.5 cm³/mol. The summed E-state index contributed by atoms with van der Waals surface area (Å²) >= 11 is 1.77. The summed E-state index contributed by atoms with van der Waals surface area (Å²) in [5, 5.41) is 1.08. The van der Waals surface area contributed by atoms with Crippen LogP contribution in [0.2, 0.25) is 0 Å². The fraction of sp³-hybridized carbons (Fsp3) is 0.733. The first-order chi connectivity index (χ1) is 9.70. The molecule has 2 aliphatic carbocycles. The fourth-order valence-corrected chi connectivity index (χ4v) is 4.16. The number of aryl methyl sites for hydroxylation is 1. The number of ether oxygens (including phenoxy) is 1. The molecule has 0 radical (unpaired) electrons. The Balaban J connectivity index is 1.82. The summed E-state index contributed by atoms with van der Waals surface area (Å²) in [6.45, 7) is 2.31. The van der Waals surface area contributed by atoms with E-state index in [1.165, 1.54) is 24.1 Å². The zero-order chi connectivity index (χ0) is 14.1. The number of rotatable bonds is 4. The summed E-state index contributed by atoms with van der Waals surface area (Å²) in [7, 11) is 2.13. The standard InChI is InChI=1S/C15H22N2O2S/c1-3-19-14(18)11-8-5-9-12-13(11)16-15(20-12)17(2)10-6-4-7-10/h10-11H,3-9H2,1-2H3. The molecule has 110 valence electrons. The van der Waals surface area contributed by atoms with Crippen LogP contribution in [0.3, 0.4) is 0 Å². The van der Waals surface area contributed by atoms with Crippen molar-refractivity contribution in [2.24, 2.45) is 0 Å². The third-order valence-electron chi connectivity index (χ3n) is 4.44. The van der Waals surface area contributed by atoms with Crippen molar-refractivity contribution in [1.82, 2.24) is 4.98 Å². The van der Waals surface area contributed by atoms with Gasteiger partial charge in [-0.05, 0) is 45.4 Å². The Bertz CT molecular complexity index is 496. The summed E-state index contributed by atoms with van der Waals surface area (Å²) in [5.41, 5.74) is 0.987. The number of thiazole rings is 1. The van der Waals surface area contributed by atoms with Crippen LogP contribution in [0.1, 0.15) is 55.5 Å². The summed E-state index contributed by atoms with van der Waals surface area (Å²) in [5.74, 6) is -0.241. The lowest BCUT2D eigenvalue weighted by atomic mass is 9.91. The van der Waals surface area contributed by atoms with Crippen LogP contribution in [-0.2, 0) is 16.0 Å². The second-order valence-corrected chi connectivity index (χ2v) is 6.76. The number of hydrogen-bond acceptors (Lipinski definition) is 5. The van der Waals surface area contributed by atoms with Crippen molar-refractivity contribution in [2.75, 3.05) is 18.6 Å². The van der Waals surface area contributed by atoms with Gasteiger partial charge in [0.25, 0.3) is 0 Å². The van der Waals surface area contributed by atoms with E-state index in [2.05, 4.69) is 11.9 Å². The number of carbonyl (C=O) groups is 1. The van der Waals surface area contributed by atoms with E-state index < -0.39 is 0 Å². The minimum atomic E-state index is -0.140. The molecule has 0 saturated heterocycles. The zero-order valence-corrected chi connectivity index (χ0v) is 13.0. The maximum Gasteiger partial charge on any atom is 0.315 e. The van der Waals surface area contributed by atoms with Crippen molar-refractivity contribution in [3.63, 3.8) is 0 Å². The molecule has 0 amide bonds. The number of hydrogen-bond donors (Lipinski definition) is 0. The molecule has 2 aliphatic rings. The van der Waals surface area contributed by atoms with Gasteiger partial charge in [-0.2, -0.15) is 0 Å². The van der Waals surface area contributed by atoms with Gasteiger partial charge in [0.1, 0.15) is 5.92 Å². The van der Waals surface area contributed by atoms with Crippen LogP contribution in [0.25, 0.3) is 0 Å². The van der Waals surface area contributed by atoms with Gasteiger partial charge < -0.3 is 9.64 Å². The molecule has 1 fully saturated rings. The topological polar surface area (TPSA) is 42.4 Å². The van der Waals surface area contributed by atoms with E-state index in [1.54, 1.807) is 11.3 Å². The van der Waals surface area contributed by atoms with Gasteiger partial charge >= 0.3 is 5.97 Å². The number of nitrogens with zero attached hydrogens (tertiary/aromatic N) is 2. The maximum absolute atomic E-state index is 12.1. The van der Waals surface area contributed by atoms with Crippen molar-refractivity contribution in [3.05, 3.63) is 10.6 Å². The van der Waals surface area contributed by atoms with Crippen molar-refractivity contribution < 1.29 is 9.53 Å². The van der Waals surface area contributed by atoms with Crippen molar-refractivity contribution in [3.8, 4) is 0 Å². The van der Waals surface area contributed by atoms with Gasteiger partial charge in [0.05, 0.1) is 12.3 Å². The molecule has 0 bridgehead atoms. The first kappa shape index (κ1) is 13.9. The molecule has 0 aliphatic heterocycles. The molecular formula is C15H22N2O2S. The van der Waals surface area contributed by atoms with Crippen molar-refractivity contribution >= 4 is 22.4 Å². The van der Waals surface area contributed by atoms with E-state index in [9.17, 15) is 4.79 Å². The monoisotopic (exact) mass is 294 g/mol. The van der Waals surface area contributed by atoms with E-state index in [0.29, 0.717) is 12.6 Å². The molecule has 0 N–H and O–H groups in total. The van der Waals surface area contributed by atoms with Crippen LogP contribution in [0.5, 0.6) is 0 Å². The Morgan fingerprint density at radius 3 is 2.85 bits per heavy atom. The Kier molecular flexibility index (Phi) is 3.96. The molecule has 1 unspecified atom stereocenters. The van der Waals surface area contributed by atoms with Crippen LogP contribution >= 0.6 is 11.3 Å². The van der Waals surface area contributed by atoms with Crippen LogP contribution in [0, 0.1) is 0 Å². The van der Waals surface area contributed by atoms with Crippen LogP contribution in [0.4, 0.5) is 5.13 Å². The van der Waals surface area contributed by atoms with Crippen LogP contribution in [0.15, 0.2) is 0 Å². The highest BCUT2D eigenvalue weighted by Crippen LogP contribution is 2.40. The van der Waals surface area contributed by atoms with Gasteiger partial charge in [0, 0.05) is 18.0 Å². The lowest BCUT2D eigenvalue weighted by molar-refractivity contribution is -0.145. The highest BCUT2D eigenvalue weighted by molar-refractivity contribution is 7.15. The first-order valence-corrected chi connectivity index (χ1v) is 8.41. The Morgan fingerprint density at radius 1 is 1.40 bits per heavy atom. The number of esters is 1. The second kappa shape index (κ2) is 5.72. The fourth-order valence-electron chi connectivity index (χ4n) is 2.96. The van der Waals surface area contributed by atoms with E-state index >= 15 is 0 Å². The predicted octanol–water partition coefficient (Wildman–Crippen LogP) is 3.11. The summed E-state index contributed by atoms with van der Waals surface area (Å²) < 4.78 is 5.20. The zero-order valence-electron chi connectivity index (χ0n) is 12.2. The van der Waals surface area contributed by atoms with Gasteiger partial charge in [-0.25, -0.2) is 4.98 Å². The molecule has 4 nitrogen and oxygen atoms in total. The summed E-state index contributed by atoms with van der Waals surface area (Å²) in [4.78, 5) is 20.4. The van der Waals surface area contributed by atoms with Crippen LogP contribution in [-0.4, -0.2) is 30.6 Å². The van der Waals surface area contributed by atoms with E-state index in [1.807, 2.05) is 6.92 Å². The third kappa shape index (κ3) is 2.43. The average molecular weight is 294 g/mol. The van der Waals surface area contributed by atoms with Gasteiger partial charge in [-0.1, -0.05) is 0 Å². The molecule has 0 spiro atoms. The van der Waals surface area contributed by atoms with E-state index in [0.717, 1.165) is 30.1 Å². The van der Waals surface area contributed by atoms with Gasteiger partial charge in [0.15, 0.2) is 5.13 Å². The highest BCUT2D eigenvalue weighted by Gasteiger charge is 2.33. The lowest BCUT2D eigenvalue weighted by Gasteiger charge is -2.34. The van der Waals surface area contributed by atoms with Crippen molar-refractivity contribution in [1.29, 1.82) is 0 Å². The second-order valence-electron chi connectivity index (χ2n) is 5.70. The summed E-state index contributed by atoms with van der Waals surface area (Å²) in [6.07, 6.45) is 6.85. The quantitative estimate of drug-likeness (QED) is 0.800. The summed E-state index contributed by atoms with van der Waals surface area (Å²) in [6, 6.07) is 0.642. The molecule has 1 aromatic rings. The average Bonchev–Trinajstić information content (AvgIpc) is 2.80. The Morgan fingerprint density at radius 2 is 2.20 bits per heavy atom. The molecule has 1 saturated carbocycles. The number of carbonyl (C=O) groups excluding carboxylic acids is 1. The maximum atomic E-state index is 12.1. The lowest BCUT2D eigenvalue weighted by Crippen LogP contribution is -2.37. The Labute approximate surface area is 124 Å². The number of anilines is 1. The normalized spacial score (nSPS) is 22.0. The molecular weight excluding hydrogens is 272 g/mol. The first-order valence-electron chi connectivity index (χ1n) is 7.59. The molecule has 1 atom stereocenters. The van der Waals surface area contributed by atoms with Gasteiger partial charge in [-0.3, -0.25) is 4.79 Å². The SMILES string of the molecule is CCOC(=O)C1CCCc2sc(N(C)C3CCC3)nc21. The molecule has 0 aromatic carbocycles. The van der Waals surface area contributed by atoms with Gasteiger partial charge in [-0.15, -0.1) is 11.3 Å². The molecule has 1 heterocycles. The van der Waals surface area contributed by atoms with Gasteiger partial charge in [0.2, 0.25) is 0 Å². The largest absolute Gasteiger partial charge is 0.465 e. The smallest absolute Gasteiger partial charge is 0.315 e. The highest BCUT2D eigenvalue weighted by atomic mass is 32.1. The number of fused-ring (bicyclic) bond motifs is 1. The molecule has 5 heteroatoms. The Hall–Kier alpha value is -1.10. The molecule has 3 rings (SSSR count). The van der Waals surface area contributed by atoms with E-state index in [-0.39, 0.29) is 11.9 Å². The molecule has 1 aromatic heterocycles. The van der Waals surface area contributed by atoms with Crippen LogP contribution < -0.4 is 4.90 Å². The number of aromatic nitrogens is 1. The van der Waals surface area contributed by atoms with E-state index in [4.69, 9.17) is 9.72 Å². The minimum Gasteiger partial charge on any atom is -0.465 e. The molecule has 20 heavy (non-hydrogen) atoms. The third-order valence-corrected chi connectivity index (χ3v) is 5.66.